The number of para-hydroxylation sites is 2. The third kappa shape index (κ3) is 3.26. The summed E-state index contributed by atoms with van der Waals surface area (Å²) in [6, 6.07) is 17.3. The Morgan fingerprint density at radius 1 is 0.870 bits per heavy atom. The topological polar surface area (TPSA) is 27.8 Å². The molecule has 1 aromatic heterocycles. The summed E-state index contributed by atoms with van der Waals surface area (Å²) in [6.07, 6.45) is 0. The molecule has 0 spiro atoms. The maximum atomic E-state index is 3.69. The average molecular weight is 306 g/mol. The van der Waals surface area contributed by atoms with Gasteiger partial charge >= 0.3 is 0 Å². The Kier molecular flexibility index (Phi) is 4.42. The van der Waals surface area contributed by atoms with E-state index in [1.807, 2.05) is 0 Å². The summed E-state index contributed by atoms with van der Waals surface area (Å²) in [6.45, 7) is 9.85. The lowest BCUT2D eigenvalue weighted by Gasteiger charge is -2.20. The van der Waals surface area contributed by atoms with Crippen molar-refractivity contribution in [2.45, 2.75) is 46.1 Å². The molecule has 0 aliphatic heterocycles. The molecule has 0 saturated carbocycles. The fourth-order valence-corrected chi connectivity index (χ4v) is 3.17. The quantitative estimate of drug-likeness (QED) is 0.592. The summed E-state index contributed by atoms with van der Waals surface area (Å²) in [7, 11) is 0. The van der Waals surface area contributed by atoms with Crippen LogP contribution in [0, 0.1) is 0 Å². The molecule has 2 N–H and O–H groups in total. The number of aromatic nitrogens is 1. The molecule has 23 heavy (non-hydrogen) atoms. The van der Waals surface area contributed by atoms with E-state index in [4.69, 9.17) is 0 Å². The SMILES string of the molecule is CC(C)c1cccc(C(C)C)c1NCc1cc2ccccc2[nH]1. The van der Waals surface area contributed by atoms with E-state index in [-0.39, 0.29) is 0 Å². The van der Waals surface area contributed by atoms with Crippen molar-refractivity contribution in [2.75, 3.05) is 5.32 Å². The highest BCUT2D eigenvalue weighted by molar-refractivity contribution is 5.80. The molecule has 120 valence electrons. The number of rotatable bonds is 5. The van der Waals surface area contributed by atoms with Gasteiger partial charge in [-0.3, -0.25) is 0 Å². The maximum absolute atomic E-state index is 3.69. The van der Waals surface area contributed by atoms with Crippen molar-refractivity contribution in [1.82, 2.24) is 4.98 Å². The van der Waals surface area contributed by atoms with Crippen LogP contribution in [0.1, 0.15) is 56.4 Å². The first-order chi connectivity index (χ1) is 11.1. The van der Waals surface area contributed by atoms with Crippen molar-refractivity contribution < 1.29 is 0 Å². The highest BCUT2D eigenvalue weighted by atomic mass is 14.9. The van der Waals surface area contributed by atoms with Crippen LogP contribution in [-0.2, 0) is 6.54 Å². The molecule has 0 saturated heterocycles. The summed E-state index contributed by atoms with van der Waals surface area (Å²) in [5, 5.41) is 4.96. The Balaban J connectivity index is 1.89. The van der Waals surface area contributed by atoms with Gasteiger partial charge in [-0.05, 0) is 40.5 Å². The normalized spacial score (nSPS) is 11.6. The van der Waals surface area contributed by atoms with E-state index in [0.29, 0.717) is 11.8 Å². The van der Waals surface area contributed by atoms with Gasteiger partial charge in [0.05, 0.1) is 6.54 Å². The van der Waals surface area contributed by atoms with Gasteiger partial charge in [0.15, 0.2) is 0 Å². The van der Waals surface area contributed by atoms with Crippen LogP contribution in [0.2, 0.25) is 0 Å². The van der Waals surface area contributed by atoms with Gasteiger partial charge in [0.25, 0.3) is 0 Å². The number of nitrogens with one attached hydrogen (secondary N) is 2. The molecule has 0 aliphatic rings. The standard InChI is InChI=1S/C21H26N2/c1-14(2)18-9-7-10-19(15(3)4)21(18)22-13-17-12-16-8-5-6-11-20(16)23-17/h5-12,14-15,22-23H,13H2,1-4H3. The molecule has 2 heteroatoms. The van der Waals surface area contributed by atoms with Gasteiger partial charge in [-0.1, -0.05) is 64.1 Å². The summed E-state index contributed by atoms with van der Waals surface area (Å²) in [4.78, 5) is 3.50. The van der Waals surface area contributed by atoms with Crippen molar-refractivity contribution in [3.8, 4) is 0 Å². The van der Waals surface area contributed by atoms with Gasteiger partial charge in [-0.25, -0.2) is 0 Å². The molecule has 0 bridgehead atoms. The van der Waals surface area contributed by atoms with Gasteiger partial charge in [0, 0.05) is 16.9 Å². The number of hydrogen-bond acceptors (Lipinski definition) is 1. The predicted molar refractivity (Wildman–Crippen MR) is 100 cm³/mol. The van der Waals surface area contributed by atoms with Crippen LogP contribution in [0.3, 0.4) is 0 Å². The highest BCUT2D eigenvalue weighted by Gasteiger charge is 2.13. The second kappa shape index (κ2) is 6.49. The molecule has 0 aliphatic carbocycles. The monoisotopic (exact) mass is 306 g/mol. The van der Waals surface area contributed by atoms with E-state index < -0.39 is 0 Å². The van der Waals surface area contributed by atoms with E-state index in [1.54, 1.807) is 0 Å². The molecule has 2 nitrogen and oxygen atoms in total. The summed E-state index contributed by atoms with van der Waals surface area (Å²) in [5.41, 5.74) is 6.51. The van der Waals surface area contributed by atoms with Crippen LogP contribution >= 0.6 is 0 Å². The van der Waals surface area contributed by atoms with Crippen LogP contribution in [0.25, 0.3) is 10.9 Å². The lowest BCUT2D eigenvalue weighted by molar-refractivity contribution is 0.832. The molecule has 0 fully saturated rings. The van der Waals surface area contributed by atoms with Crippen molar-refractivity contribution in [1.29, 1.82) is 0 Å². The van der Waals surface area contributed by atoms with Crippen LogP contribution in [0.5, 0.6) is 0 Å². The van der Waals surface area contributed by atoms with Crippen LogP contribution < -0.4 is 5.32 Å². The molecule has 0 atom stereocenters. The zero-order valence-corrected chi connectivity index (χ0v) is 14.5. The minimum atomic E-state index is 0.513. The first-order valence-electron chi connectivity index (χ1n) is 8.49. The Bertz CT molecular complexity index is 737. The van der Waals surface area contributed by atoms with E-state index in [1.165, 1.54) is 33.4 Å². The average Bonchev–Trinajstić information content (AvgIpc) is 2.95. The van der Waals surface area contributed by atoms with Crippen LogP contribution in [-0.4, -0.2) is 4.98 Å². The molecule has 0 unspecified atom stereocenters. The van der Waals surface area contributed by atoms with E-state index in [9.17, 15) is 0 Å². The van der Waals surface area contributed by atoms with Gasteiger partial charge in [0.2, 0.25) is 0 Å². The van der Waals surface area contributed by atoms with E-state index in [0.717, 1.165) is 6.54 Å². The van der Waals surface area contributed by atoms with Crippen molar-refractivity contribution in [3.05, 3.63) is 65.4 Å². The van der Waals surface area contributed by atoms with E-state index in [2.05, 4.69) is 86.5 Å². The summed E-state index contributed by atoms with van der Waals surface area (Å²) in [5.74, 6) is 1.03. The predicted octanol–water partition coefficient (Wildman–Crippen LogP) is 6.03. The minimum absolute atomic E-state index is 0.513. The van der Waals surface area contributed by atoms with E-state index >= 15 is 0 Å². The molecule has 3 rings (SSSR count). The maximum Gasteiger partial charge on any atom is 0.0551 e. The van der Waals surface area contributed by atoms with Gasteiger partial charge in [-0.2, -0.15) is 0 Å². The highest BCUT2D eigenvalue weighted by Crippen LogP contribution is 2.32. The first kappa shape index (κ1) is 15.7. The second-order valence-corrected chi connectivity index (χ2v) is 6.86. The van der Waals surface area contributed by atoms with Crippen LogP contribution in [0.4, 0.5) is 5.69 Å². The van der Waals surface area contributed by atoms with Crippen LogP contribution in [0.15, 0.2) is 48.5 Å². The molecule has 0 radical (unpaired) electrons. The lowest BCUT2D eigenvalue weighted by atomic mass is 9.92. The third-order valence-corrected chi connectivity index (χ3v) is 4.41. The number of H-pyrrole nitrogens is 1. The second-order valence-electron chi connectivity index (χ2n) is 6.86. The zero-order valence-electron chi connectivity index (χ0n) is 14.5. The largest absolute Gasteiger partial charge is 0.379 e. The van der Waals surface area contributed by atoms with Crippen molar-refractivity contribution >= 4 is 16.6 Å². The Morgan fingerprint density at radius 2 is 1.52 bits per heavy atom. The number of fused-ring (bicyclic) bond motifs is 1. The fourth-order valence-electron chi connectivity index (χ4n) is 3.17. The van der Waals surface area contributed by atoms with Gasteiger partial charge in [0.1, 0.15) is 0 Å². The smallest absolute Gasteiger partial charge is 0.0551 e. The number of hydrogen-bond donors (Lipinski definition) is 2. The Hall–Kier alpha value is -2.22. The molecule has 3 aromatic rings. The summed E-state index contributed by atoms with van der Waals surface area (Å²) < 4.78 is 0. The summed E-state index contributed by atoms with van der Waals surface area (Å²) >= 11 is 0. The lowest BCUT2D eigenvalue weighted by Crippen LogP contribution is -2.07. The van der Waals surface area contributed by atoms with Crippen molar-refractivity contribution in [2.24, 2.45) is 0 Å². The molecule has 0 amide bonds. The minimum Gasteiger partial charge on any atom is -0.379 e. The third-order valence-electron chi connectivity index (χ3n) is 4.41. The van der Waals surface area contributed by atoms with Gasteiger partial charge in [-0.15, -0.1) is 0 Å². The molecular formula is C21H26N2. The van der Waals surface area contributed by atoms with Gasteiger partial charge < -0.3 is 10.3 Å². The number of anilines is 1. The number of benzene rings is 2. The Labute approximate surface area is 138 Å². The zero-order chi connectivity index (χ0) is 16.4. The Morgan fingerprint density at radius 3 is 2.13 bits per heavy atom. The van der Waals surface area contributed by atoms with Crippen molar-refractivity contribution in [3.63, 3.8) is 0 Å². The first-order valence-corrected chi connectivity index (χ1v) is 8.49. The number of aromatic amines is 1. The molecule has 1 heterocycles. The fraction of sp³-hybridized carbons (Fsp3) is 0.333. The molecular weight excluding hydrogens is 280 g/mol. The molecule has 2 aromatic carbocycles.